The third-order valence-electron chi connectivity index (χ3n) is 3.00. The Labute approximate surface area is 109 Å². The highest BCUT2D eigenvalue weighted by molar-refractivity contribution is 5.06. The summed E-state index contributed by atoms with van der Waals surface area (Å²) in [4.78, 5) is 10.1. The second-order valence-electron chi connectivity index (χ2n) is 4.58. The molecule has 0 aliphatic rings. The third-order valence-corrected chi connectivity index (χ3v) is 3.00. The van der Waals surface area contributed by atoms with Crippen LogP contribution in [-0.2, 0) is 13.1 Å². The first-order valence-corrected chi connectivity index (χ1v) is 6.63. The number of H-pyrrole nitrogens is 1. The Morgan fingerprint density at radius 3 is 2.78 bits per heavy atom. The van der Waals surface area contributed by atoms with E-state index in [1.807, 2.05) is 24.5 Å². The standard InChI is InChI=1S/C15H21N3/c1-2-3-11-18(13-15-8-6-10-17-15)12-14-7-4-5-9-16-14/h4-10,17H,2-3,11-13H2,1H3. The highest BCUT2D eigenvalue weighted by Crippen LogP contribution is 2.08. The van der Waals surface area contributed by atoms with Gasteiger partial charge in [-0.3, -0.25) is 9.88 Å². The average molecular weight is 243 g/mol. The summed E-state index contributed by atoms with van der Waals surface area (Å²) in [7, 11) is 0. The lowest BCUT2D eigenvalue weighted by Gasteiger charge is -2.21. The minimum Gasteiger partial charge on any atom is -0.364 e. The topological polar surface area (TPSA) is 31.9 Å². The molecular weight excluding hydrogens is 222 g/mol. The molecule has 96 valence electrons. The lowest BCUT2D eigenvalue weighted by atomic mass is 10.2. The first-order valence-electron chi connectivity index (χ1n) is 6.63. The molecule has 3 nitrogen and oxygen atoms in total. The Morgan fingerprint density at radius 2 is 2.11 bits per heavy atom. The van der Waals surface area contributed by atoms with Crippen molar-refractivity contribution in [3.8, 4) is 0 Å². The van der Waals surface area contributed by atoms with Crippen LogP contribution in [0.1, 0.15) is 31.2 Å². The number of hydrogen-bond acceptors (Lipinski definition) is 2. The van der Waals surface area contributed by atoms with Crippen molar-refractivity contribution in [3.63, 3.8) is 0 Å². The molecule has 18 heavy (non-hydrogen) atoms. The molecular formula is C15H21N3. The summed E-state index contributed by atoms with van der Waals surface area (Å²) in [5.74, 6) is 0. The number of aromatic nitrogens is 2. The van der Waals surface area contributed by atoms with E-state index >= 15 is 0 Å². The van der Waals surface area contributed by atoms with Crippen LogP contribution in [0.5, 0.6) is 0 Å². The molecule has 0 fully saturated rings. The van der Waals surface area contributed by atoms with Crippen molar-refractivity contribution in [3.05, 3.63) is 54.1 Å². The maximum atomic E-state index is 4.40. The second kappa shape index (κ2) is 6.97. The number of hydrogen-bond donors (Lipinski definition) is 1. The van der Waals surface area contributed by atoms with Gasteiger partial charge in [-0.15, -0.1) is 0 Å². The summed E-state index contributed by atoms with van der Waals surface area (Å²) in [6, 6.07) is 10.3. The molecule has 0 atom stereocenters. The number of unbranched alkanes of at least 4 members (excludes halogenated alkanes) is 1. The fourth-order valence-corrected chi connectivity index (χ4v) is 2.02. The Hall–Kier alpha value is -1.61. The molecule has 2 heterocycles. The number of nitrogens with one attached hydrogen (secondary N) is 1. The van der Waals surface area contributed by atoms with E-state index < -0.39 is 0 Å². The van der Waals surface area contributed by atoms with Crippen LogP contribution in [0.4, 0.5) is 0 Å². The largest absolute Gasteiger partial charge is 0.364 e. The molecule has 2 aromatic heterocycles. The van der Waals surface area contributed by atoms with E-state index in [0.29, 0.717) is 0 Å². The summed E-state index contributed by atoms with van der Waals surface area (Å²) in [6.45, 7) is 5.23. The zero-order valence-corrected chi connectivity index (χ0v) is 11.0. The van der Waals surface area contributed by atoms with E-state index in [-0.39, 0.29) is 0 Å². The summed E-state index contributed by atoms with van der Waals surface area (Å²) >= 11 is 0. The smallest absolute Gasteiger partial charge is 0.0544 e. The lowest BCUT2D eigenvalue weighted by Crippen LogP contribution is -2.24. The second-order valence-corrected chi connectivity index (χ2v) is 4.58. The van der Waals surface area contributed by atoms with Crippen LogP contribution in [0.3, 0.4) is 0 Å². The zero-order valence-electron chi connectivity index (χ0n) is 11.0. The van der Waals surface area contributed by atoms with Crippen molar-refractivity contribution in [1.82, 2.24) is 14.9 Å². The number of aromatic amines is 1. The Morgan fingerprint density at radius 1 is 1.17 bits per heavy atom. The Bertz CT molecular complexity index is 422. The quantitative estimate of drug-likeness (QED) is 0.809. The van der Waals surface area contributed by atoms with Gasteiger partial charge in [0.05, 0.1) is 5.69 Å². The van der Waals surface area contributed by atoms with E-state index in [1.54, 1.807) is 0 Å². The number of rotatable bonds is 7. The van der Waals surface area contributed by atoms with Gasteiger partial charge < -0.3 is 4.98 Å². The van der Waals surface area contributed by atoms with Crippen LogP contribution in [0.15, 0.2) is 42.7 Å². The molecule has 0 radical (unpaired) electrons. The third kappa shape index (κ3) is 4.00. The number of nitrogens with zero attached hydrogens (tertiary/aromatic N) is 2. The van der Waals surface area contributed by atoms with Crippen LogP contribution in [0.25, 0.3) is 0 Å². The van der Waals surface area contributed by atoms with Gasteiger partial charge in [0, 0.05) is 31.2 Å². The van der Waals surface area contributed by atoms with Crippen LogP contribution in [0.2, 0.25) is 0 Å². The molecule has 0 saturated carbocycles. The van der Waals surface area contributed by atoms with Gasteiger partial charge >= 0.3 is 0 Å². The summed E-state index contributed by atoms with van der Waals surface area (Å²) in [5.41, 5.74) is 2.40. The molecule has 2 rings (SSSR count). The maximum absolute atomic E-state index is 4.40. The van der Waals surface area contributed by atoms with Gasteiger partial charge in [-0.1, -0.05) is 19.4 Å². The molecule has 0 saturated heterocycles. The summed E-state index contributed by atoms with van der Waals surface area (Å²) in [6.07, 6.45) is 6.30. The molecule has 0 unspecified atom stereocenters. The van der Waals surface area contributed by atoms with Crippen LogP contribution < -0.4 is 0 Å². The van der Waals surface area contributed by atoms with Gasteiger partial charge in [0.15, 0.2) is 0 Å². The monoisotopic (exact) mass is 243 g/mol. The van der Waals surface area contributed by atoms with Crippen molar-refractivity contribution in [2.45, 2.75) is 32.9 Å². The molecule has 0 bridgehead atoms. The van der Waals surface area contributed by atoms with Crippen LogP contribution >= 0.6 is 0 Å². The summed E-state index contributed by atoms with van der Waals surface area (Å²) in [5, 5.41) is 0. The minimum absolute atomic E-state index is 0.917. The van der Waals surface area contributed by atoms with Crippen molar-refractivity contribution >= 4 is 0 Å². The van der Waals surface area contributed by atoms with Crippen molar-refractivity contribution in [2.75, 3.05) is 6.54 Å². The zero-order chi connectivity index (χ0) is 12.6. The summed E-state index contributed by atoms with van der Waals surface area (Å²) < 4.78 is 0. The van der Waals surface area contributed by atoms with Gasteiger partial charge in [-0.25, -0.2) is 0 Å². The maximum Gasteiger partial charge on any atom is 0.0544 e. The Balaban J connectivity index is 1.96. The van der Waals surface area contributed by atoms with Gasteiger partial charge in [-0.2, -0.15) is 0 Å². The normalized spacial score (nSPS) is 11.0. The van der Waals surface area contributed by atoms with E-state index in [4.69, 9.17) is 0 Å². The van der Waals surface area contributed by atoms with E-state index in [2.05, 4.69) is 40.0 Å². The highest BCUT2D eigenvalue weighted by Gasteiger charge is 2.07. The Kier molecular flexibility index (Phi) is 4.97. The molecule has 0 aliphatic carbocycles. The molecule has 0 aromatic carbocycles. The molecule has 0 amide bonds. The first kappa shape index (κ1) is 12.8. The predicted molar refractivity (Wildman–Crippen MR) is 74.1 cm³/mol. The van der Waals surface area contributed by atoms with Crippen LogP contribution in [0, 0.1) is 0 Å². The average Bonchev–Trinajstić information content (AvgIpc) is 2.90. The molecule has 0 spiro atoms. The van der Waals surface area contributed by atoms with Crippen molar-refractivity contribution in [2.24, 2.45) is 0 Å². The molecule has 0 aliphatic heterocycles. The molecule has 3 heteroatoms. The minimum atomic E-state index is 0.917. The van der Waals surface area contributed by atoms with Crippen molar-refractivity contribution < 1.29 is 0 Å². The molecule has 1 N–H and O–H groups in total. The predicted octanol–water partition coefficient (Wildman–Crippen LogP) is 3.21. The SMILES string of the molecule is CCCCN(Cc1ccccn1)Cc1ccc[nH]1. The van der Waals surface area contributed by atoms with Crippen LogP contribution in [-0.4, -0.2) is 21.4 Å². The van der Waals surface area contributed by atoms with Gasteiger partial charge in [0.1, 0.15) is 0 Å². The fraction of sp³-hybridized carbons (Fsp3) is 0.400. The van der Waals surface area contributed by atoms with E-state index in [1.165, 1.54) is 18.5 Å². The highest BCUT2D eigenvalue weighted by atomic mass is 15.1. The van der Waals surface area contributed by atoms with Gasteiger partial charge in [-0.05, 0) is 37.2 Å². The number of pyridine rings is 1. The first-order chi connectivity index (χ1) is 8.88. The van der Waals surface area contributed by atoms with Crippen molar-refractivity contribution in [1.29, 1.82) is 0 Å². The van der Waals surface area contributed by atoms with Gasteiger partial charge in [0.2, 0.25) is 0 Å². The molecule has 2 aromatic rings. The van der Waals surface area contributed by atoms with Gasteiger partial charge in [0.25, 0.3) is 0 Å². The lowest BCUT2D eigenvalue weighted by molar-refractivity contribution is 0.247. The van der Waals surface area contributed by atoms with E-state index in [0.717, 1.165) is 25.3 Å². The van der Waals surface area contributed by atoms with E-state index in [9.17, 15) is 0 Å². The fourth-order valence-electron chi connectivity index (χ4n) is 2.02.